The minimum Gasteiger partial charge on any atom is -0.483 e. The summed E-state index contributed by atoms with van der Waals surface area (Å²) in [6.07, 6.45) is -0.987. The number of halogens is 2. The van der Waals surface area contributed by atoms with Crippen LogP contribution in [0.15, 0.2) is 23.6 Å². The van der Waals surface area contributed by atoms with Gasteiger partial charge in [-0.15, -0.1) is 11.3 Å². The van der Waals surface area contributed by atoms with Crippen LogP contribution >= 0.6 is 11.3 Å². The molecule has 0 amide bonds. The molecule has 0 bridgehead atoms. The fourth-order valence-corrected chi connectivity index (χ4v) is 2.64. The zero-order chi connectivity index (χ0) is 16.3. The molecule has 0 saturated heterocycles. The van der Waals surface area contributed by atoms with E-state index in [1.54, 1.807) is 12.3 Å². The predicted octanol–water partition coefficient (Wildman–Crippen LogP) is 3.37. The number of thiazole rings is 1. The van der Waals surface area contributed by atoms with Gasteiger partial charge in [0.25, 0.3) is 0 Å². The second kappa shape index (κ2) is 6.62. The molecule has 0 saturated carbocycles. The van der Waals surface area contributed by atoms with E-state index in [-0.39, 0.29) is 5.75 Å². The number of ketones is 1. The van der Waals surface area contributed by atoms with Gasteiger partial charge in [0.05, 0.1) is 6.07 Å². The van der Waals surface area contributed by atoms with Crippen molar-refractivity contribution in [3.63, 3.8) is 0 Å². The Labute approximate surface area is 130 Å². The number of ether oxygens (including phenoxy) is 1. The molecule has 0 radical (unpaired) electrons. The fraction of sp³-hybridized carbons (Fsp3) is 0.267. The minimum absolute atomic E-state index is 0.0201. The number of aromatic nitrogens is 1. The predicted molar refractivity (Wildman–Crippen MR) is 76.7 cm³/mol. The monoisotopic (exact) mass is 322 g/mol. The Morgan fingerprint density at radius 3 is 2.68 bits per heavy atom. The standard InChI is InChI=1S/C15H12F2N2O2S/c1-8-7-22-15(19-8)11(6-18)14(20)9(2)21-10-3-4-12(16)13(17)5-10/h3-5,7,9,11H,1-2H3/t9-,11-/m0/s1. The van der Waals surface area contributed by atoms with Gasteiger partial charge in [-0.3, -0.25) is 4.79 Å². The minimum atomic E-state index is -1.07. The summed E-state index contributed by atoms with van der Waals surface area (Å²) < 4.78 is 31.3. The molecule has 0 N–H and O–H groups in total. The number of hydrogen-bond acceptors (Lipinski definition) is 5. The molecule has 114 valence electrons. The van der Waals surface area contributed by atoms with Crippen LogP contribution in [0.3, 0.4) is 0 Å². The smallest absolute Gasteiger partial charge is 0.196 e. The Balaban J connectivity index is 2.14. The van der Waals surface area contributed by atoms with Gasteiger partial charge >= 0.3 is 0 Å². The van der Waals surface area contributed by atoms with Crippen molar-refractivity contribution in [2.75, 3.05) is 0 Å². The number of Topliss-reactive ketones (excluding diaryl/α,β-unsaturated/α-hetero) is 1. The summed E-state index contributed by atoms with van der Waals surface area (Å²) in [6, 6.07) is 4.89. The average molecular weight is 322 g/mol. The van der Waals surface area contributed by atoms with Gasteiger partial charge in [0, 0.05) is 17.1 Å². The van der Waals surface area contributed by atoms with Gasteiger partial charge in [0.2, 0.25) is 0 Å². The lowest BCUT2D eigenvalue weighted by atomic mass is 10.0. The maximum absolute atomic E-state index is 13.1. The van der Waals surface area contributed by atoms with E-state index in [1.807, 2.05) is 6.07 Å². The molecule has 0 aliphatic heterocycles. The van der Waals surface area contributed by atoms with Crippen LogP contribution in [0.4, 0.5) is 8.78 Å². The van der Waals surface area contributed by atoms with E-state index in [1.165, 1.54) is 24.3 Å². The average Bonchev–Trinajstić information content (AvgIpc) is 2.90. The fourth-order valence-electron chi connectivity index (χ4n) is 1.79. The van der Waals surface area contributed by atoms with Crippen molar-refractivity contribution in [3.8, 4) is 11.8 Å². The Morgan fingerprint density at radius 2 is 2.14 bits per heavy atom. The maximum Gasteiger partial charge on any atom is 0.196 e. The number of carbonyl (C=O) groups is 1. The summed E-state index contributed by atoms with van der Waals surface area (Å²) in [7, 11) is 0. The first kappa shape index (κ1) is 16.0. The summed E-state index contributed by atoms with van der Waals surface area (Å²) >= 11 is 1.22. The molecule has 0 fully saturated rings. The van der Waals surface area contributed by atoms with Crippen molar-refractivity contribution in [3.05, 3.63) is 45.9 Å². The van der Waals surface area contributed by atoms with E-state index in [9.17, 15) is 18.8 Å². The Bertz CT molecular complexity index is 739. The Kier molecular flexibility index (Phi) is 4.83. The molecule has 0 unspecified atom stereocenters. The highest BCUT2D eigenvalue weighted by Gasteiger charge is 2.29. The highest BCUT2D eigenvalue weighted by molar-refractivity contribution is 7.09. The van der Waals surface area contributed by atoms with Crippen molar-refractivity contribution < 1.29 is 18.3 Å². The van der Waals surface area contributed by atoms with Crippen molar-refractivity contribution in [1.29, 1.82) is 5.26 Å². The zero-order valence-electron chi connectivity index (χ0n) is 11.8. The summed E-state index contributed by atoms with van der Waals surface area (Å²) in [5.41, 5.74) is 0.724. The number of rotatable bonds is 5. The summed E-state index contributed by atoms with van der Waals surface area (Å²) in [6.45, 7) is 3.22. The summed E-state index contributed by atoms with van der Waals surface area (Å²) in [5.74, 6) is -3.57. The topological polar surface area (TPSA) is 63.0 Å². The lowest BCUT2D eigenvalue weighted by molar-refractivity contribution is -0.125. The van der Waals surface area contributed by atoms with Gasteiger partial charge in [-0.05, 0) is 26.0 Å². The Hall–Kier alpha value is -2.33. The van der Waals surface area contributed by atoms with E-state index in [2.05, 4.69) is 4.98 Å². The first-order valence-corrected chi connectivity index (χ1v) is 7.27. The van der Waals surface area contributed by atoms with E-state index in [0.717, 1.165) is 17.8 Å². The van der Waals surface area contributed by atoms with Crippen molar-refractivity contribution in [1.82, 2.24) is 4.98 Å². The molecule has 1 heterocycles. The number of nitriles is 1. The lowest BCUT2D eigenvalue weighted by Gasteiger charge is -2.15. The quantitative estimate of drug-likeness (QED) is 0.846. The molecule has 0 spiro atoms. The molecule has 2 rings (SSSR count). The third-order valence-electron chi connectivity index (χ3n) is 2.90. The largest absolute Gasteiger partial charge is 0.483 e. The van der Waals surface area contributed by atoms with Gasteiger partial charge in [-0.1, -0.05) is 0 Å². The lowest BCUT2D eigenvalue weighted by Crippen LogP contribution is -2.28. The number of nitrogens with zero attached hydrogens (tertiary/aromatic N) is 2. The highest BCUT2D eigenvalue weighted by Crippen LogP contribution is 2.24. The number of hydrogen-bond donors (Lipinski definition) is 0. The normalized spacial score (nSPS) is 13.2. The van der Waals surface area contributed by atoms with Crippen LogP contribution in [0.5, 0.6) is 5.75 Å². The molecule has 2 atom stereocenters. The van der Waals surface area contributed by atoms with Gasteiger partial charge in [0.1, 0.15) is 10.8 Å². The molecule has 2 aromatic rings. The molecule has 22 heavy (non-hydrogen) atoms. The second-order valence-electron chi connectivity index (χ2n) is 4.63. The van der Waals surface area contributed by atoms with E-state index >= 15 is 0 Å². The van der Waals surface area contributed by atoms with Gasteiger partial charge in [-0.2, -0.15) is 5.26 Å². The molecule has 0 aliphatic rings. The zero-order valence-corrected chi connectivity index (χ0v) is 12.7. The van der Waals surface area contributed by atoms with Crippen LogP contribution in [0.2, 0.25) is 0 Å². The van der Waals surface area contributed by atoms with Gasteiger partial charge in [0.15, 0.2) is 29.4 Å². The van der Waals surface area contributed by atoms with Gasteiger partial charge < -0.3 is 4.74 Å². The van der Waals surface area contributed by atoms with Crippen LogP contribution < -0.4 is 4.74 Å². The molecular formula is C15H12F2N2O2S. The van der Waals surface area contributed by atoms with Crippen molar-refractivity contribution in [2.45, 2.75) is 25.9 Å². The molecule has 1 aromatic heterocycles. The van der Waals surface area contributed by atoms with Crippen molar-refractivity contribution in [2.24, 2.45) is 0 Å². The number of carbonyl (C=O) groups excluding carboxylic acids is 1. The van der Waals surface area contributed by atoms with Crippen LogP contribution in [-0.4, -0.2) is 16.9 Å². The summed E-state index contributed by atoms with van der Waals surface area (Å²) in [4.78, 5) is 16.4. The van der Waals surface area contributed by atoms with E-state index in [4.69, 9.17) is 4.74 Å². The Morgan fingerprint density at radius 1 is 1.41 bits per heavy atom. The van der Waals surface area contributed by atoms with Crippen LogP contribution in [0.25, 0.3) is 0 Å². The first-order chi connectivity index (χ1) is 10.4. The molecule has 1 aromatic carbocycles. The maximum atomic E-state index is 13.1. The molecule has 7 heteroatoms. The van der Waals surface area contributed by atoms with E-state index < -0.39 is 29.4 Å². The second-order valence-corrected chi connectivity index (χ2v) is 5.52. The van der Waals surface area contributed by atoms with E-state index in [0.29, 0.717) is 5.01 Å². The van der Waals surface area contributed by atoms with Crippen LogP contribution in [0.1, 0.15) is 23.5 Å². The SMILES string of the molecule is Cc1csc([C@@H](C#N)C(=O)[C@H](C)Oc2ccc(F)c(F)c2)n1. The van der Waals surface area contributed by atoms with Gasteiger partial charge in [-0.25, -0.2) is 13.8 Å². The third-order valence-corrected chi connectivity index (χ3v) is 3.93. The summed E-state index contributed by atoms with van der Waals surface area (Å²) in [5, 5.41) is 11.3. The van der Waals surface area contributed by atoms with Crippen LogP contribution in [0, 0.1) is 29.9 Å². The number of benzene rings is 1. The van der Waals surface area contributed by atoms with Crippen LogP contribution in [-0.2, 0) is 4.79 Å². The van der Waals surface area contributed by atoms with Crippen molar-refractivity contribution >= 4 is 17.1 Å². The molecular weight excluding hydrogens is 310 g/mol. The first-order valence-electron chi connectivity index (χ1n) is 6.39. The molecule has 4 nitrogen and oxygen atoms in total. The molecule has 0 aliphatic carbocycles. The highest BCUT2D eigenvalue weighted by atomic mass is 32.1. The third kappa shape index (κ3) is 3.46. The number of aryl methyl sites for hydroxylation is 1.